The van der Waals surface area contributed by atoms with Crippen LogP contribution in [-0.4, -0.2) is 88.5 Å². The van der Waals surface area contributed by atoms with E-state index in [0.717, 1.165) is 0 Å². The van der Waals surface area contributed by atoms with Crippen LogP contribution in [0.2, 0.25) is 0 Å². The Balaban J connectivity index is 1.70. The van der Waals surface area contributed by atoms with Gasteiger partial charge in [0, 0.05) is 29.9 Å². The maximum Gasteiger partial charge on any atom is 0.408 e. The largest absolute Gasteiger partial charge is 0.497 e. The minimum atomic E-state index is -1.51. The lowest BCUT2D eigenvalue weighted by molar-refractivity contribution is -0.146. The van der Waals surface area contributed by atoms with E-state index in [-0.39, 0.29) is 25.3 Å². The second kappa shape index (κ2) is 14.1. The number of benzene rings is 1. The summed E-state index contributed by atoms with van der Waals surface area (Å²) in [6.07, 6.45) is 0.271. The molecule has 1 saturated carbocycles. The van der Waals surface area contributed by atoms with Gasteiger partial charge in [0.2, 0.25) is 17.7 Å². The van der Waals surface area contributed by atoms with Crippen molar-refractivity contribution in [2.24, 2.45) is 17.3 Å². The number of methoxy groups -OCH3 is 1. The average Bonchev–Trinajstić information content (AvgIpc) is 3.56. The summed E-state index contributed by atoms with van der Waals surface area (Å²) >= 11 is 0. The number of ether oxygens (including phenoxy) is 4. The van der Waals surface area contributed by atoms with Crippen LogP contribution in [0.5, 0.6) is 17.4 Å². The van der Waals surface area contributed by atoms with Crippen molar-refractivity contribution >= 4 is 34.8 Å². The Labute approximate surface area is 287 Å². The van der Waals surface area contributed by atoms with Crippen LogP contribution in [0.3, 0.4) is 0 Å². The van der Waals surface area contributed by atoms with Gasteiger partial charge in [-0.3, -0.25) is 9.59 Å². The van der Waals surface area contributed by atoms with E-state index in [4.69, 9.17) is 18.9 Å². The van der Waals surface area contributed by atoms with Gasteiger partial charge in [-0.1, -0.05) is 40.7 Å². The van der Waals surface area contributed by atoms with E-state index in [1.54, 1.807) is 66.9 Å². The number of carboxylic acids is 1. The molecule has 13 heteroatoms. The Morgan fingerprint density at radius 2 is 1.84 bits per heavy atom. The van der Waals surface area contributed by atoms with Crippen molar-refractivity contribution in [3.63, 3.8) is 0 Å². The summed E-state index contributed by atoms with van der Waals surface area (Å²) in [6.45, 7) is 18.7. The molecule has 5 atom stereocenters. The molecule has 3 amide bonds. The molecule has 3 N–H and O–H groups in total. The fraction of sp³-hybridized carbons (Fsp3) is 0.583. The molecule has 2 fully saturated rings. The van der Waals surface area contributed by atoms with Crippen LogP contribution in [-0.2, 0) is 19.1 Å². The quantitative estimate of drug-likeness (QED) is 0.267. The molecule has 2 heterocycles. The van der Waals surface area contributed by atoms with E-state index in [0.29, 0.717) is 34.9 Å². The number of hydrogen-bond donors (Lipinski definition) is 3. The van der Waals surface area contributed by atoms with Crippen LogP contribution in [0.1, 0.15) is 68.2 Å². The Morgan fingerprint density at radius 3 is 2.39 bits per heavy atom. The first-order chi connectivity index (χ1) is 22.8. The smallest absolute Gasteiger partial charge is 0.408 e. The van der Waals surface area contributed by atoms with Gasteiger partial charge < -0.3 is 39.6 Å². The SMILES string of the molecule is C=C[C@H]1CC1(NC(=O)[C@@H]1C[C@@H](Oc2cc(OCC(C)C)nc3cc(OC)ccc23)CN1C(=O)[C@@H](NC(=O)OC(C)(C)C)C(C)(C)C)C(=O)O. The van der Waals surface area contributed by atoms with Crippen LogP contribution in [0.25, 0.3) is 10.9 Å². The summed E-state index contributed by atoms with van der Waals surface area (Å²) in [4.78, 5) is 59.4. The summed E-state index contributed by atoms with van der Waals surface area (Å²) < 4.78 is 23.3. The molecule has 2 aromatic rings. The maximum absolute atomic E-state index is 14.4. The van der Waals surface area contributed by atoms with Crippen LogP contribution in [0.4, 0.5) is 4.79 Å². The van der Waals surface area contributed by atoms with Gasteiger partial charge in [-0.05, 0) is 50.7 Å². The minimum absolute atomic E-state index is 0.0212. The molecule has 4 rings (SSSR count). The molecule has 1 aromatic heterocycles. The van der Waals surface area contributed by atoms with Gasteiger partial charge in [-0.25, -0.2) is 14.6 Å². The van der Waals surface area contributed by atoms with Crippen molar-refractivity contribution in [3.8, 4) is 17.4 Å². The number of likely N-dealkylation sites (tertiary alicyclic amines) is 1. The minimum Gasteiger partial charge on any atom is -0.497 e. The summed E-state index contributed by atoms with van der Waals surface area (Å²) in [7, 11) is 1.56. The van der Waals surface area contributed by atoms with E-state index in [1.165, 1.54) is 11.0 Å². The average molecular weight is 683 g/mol. The van der Waals surface area contributed by atoms with E-state index in [1.807, 2.05) is 19.9 Å². The van der Waals surface area contributed by atoms with Crippen LogP contribution < -0.4 is 24.8 Å². The van der Waals surface area contributed by atoms with Gasteiger partial charge in [-0.2, -0.15) is 0 Å². The van der Waals surface area contributed by atoms with Crippen molar-refractivity contribution < 1.29 is 43.2 Å². The van der Waals surface area contributed by atoms with E-state index in [2.05, 4.69) is 22.2 Å². The highest BCUT2D eigenvalue weighted by atomic mass is 16.6. The summed E-state index contributed by atoms with van der Waals surface area (Å²) in [5.41, 5.74) is -2.54. The summed E-state index contributed by atoms with van der Waals surface area (Å²) in [5, 5.41) is 16.1. The molecule has 1 saturated heterocycles. The van der Waals surface area contributed by atoms with Crippen molar-refractivity contribution in [1.29, 1.82) is 0 Å². The number of carbonyl (C=O) groups is 4. The van der Waals surface area contributed by atoms with Gasteiger partial charge in [0.15, 0.2) is 0 Å². The molecule has 49 heavy (non-hydrogen) atoms. The zero-order valence-electron chi connectivity index (χ0n) is 29.9. The number of pyridine rings is 1. The van der Waals surface area contributed by atoms with Crippen LogP contribution in [0, 0.1) is 17.3 Å². The maximum atomic E-state index is 14.4. The van der Waals surface area contributed by atoms with E-state index in [9.17, 15) is 24.3 Å². The van der Waals surface area contributed by atoms with Crippen LogP contribution in [0.15, 0.2) is 36.9 Å². The molecule has 1 aromatic carbocycles. The number of carboxylic acid groups (broad SMARTS) is 1. The molecule has 268 valence electrons. The molecular formula is C36H50N4O9. The number of nitrogens with zero attached hydrogens (tertiary/aromatic N) is 2. The number of nitrogens with one attached hydrogen (secondary N) is 2. The van der Waals surface area contributed by atoms with Crippen molar-refractivity contribution in [2.45, 2.75) is 97.6 Å². The second-order valence-electron chi connectivity index (χ2n) is 15.3. The van der Waals surface area contributed by atoms with Crippen molar-refractivity contribution in [1.82, 2.24) is 20.5 Å². The lowest BCUT2D eigenvalue weighted by atomic mass is 9.85. The second-order valence-corrected chi connectivity index (χ2v) is 15.3. The number of hydrogen-bond acceptors (Lipinski definition) is 9. The lowest BCUT2D eigenvalue weighted by Crippen LogP contribution is -2.59. The molecule has 1 aliphatic heterocycles. The monoisotopic (exact) mass is 682 g/mol. The summed E-state index contributed by atoms with van der Waals surface area (Å²) in [5.74, 6) is -1.19. The van der Waals surface area contributed by atoms with Gasteiger partial charge in [0.1, 0.15) is 40.8 Å². The highest BCUT2D eigenvalue weighted by Gasteiger charge is 2.61. The zero-order chi connectivity index (χ0) is 36.5. The normalized spacial score (nSPS) is 22.7. The summed E-state index contributed by atoms with van der Waals surface area (Å²) in [6, 6.07) is 4.84. The Bertz CT molecular complexity index is 1600. The number of carbonyl (C=O) groups excluding carboxylic acids is 3. The first-order valence-corrected chi connectivity index (χ1v) is 16.5. The first-order valence-electron chi connectivity index (χ1n) is 16.5. The van der Waals surface area contributed by atoms with E-state index < -0.39 is 64.5 Å². The standard InChI is InChI=1S/C36H50N4O9/c1-11-21-17-36(21,32(43)44)39-30(41)26-15-23(18-40(26)31(42)29(34(4,5)6)38-33(45)49-35(7,8)9)48-27-16-28(47-19-20(2)3)37-25-14-22(46-10)12-13-24(25)27/h11-14,16,20-21,23,26,29H,1,15,17-19H2,2-10H3,(H,38,45)(H,39,41)(H,43,44)/t21-,23+,26-,29+,36?/m0/s1. The zero-order valence-corrected chi connectivity index (χ0v) is 29.9. The lowest BCUT2D eigenvalue weighted by Gasteiger charge is -2.35. The van der Waals surface area contributed by atoms with Gasteiger partial charge in [0.25, 0.3) is 0 Å². The highest BCUT2D eigenvalue weighted by molar-refractivity contribution is 5.96. The Morgan fingerprint density at radius 1 is 1.14 bits per heavy atom. The molecule has 0 spiro atoms. The Hall–Kier alpha value is -4.55. The fourth-order valence-electron chi connectivity index (χ4n) is 5.82. The van der Waals surface area contributed by atoms with Crippen molar-refractivity contribution in [2.75, 3.05) is 20.3 Å². The first kappa shape index (κ1) is 37.3. The number of aromatic nitrogens is 1. The number of aliphatic carboxylic acids is 1. The Kier molecular flexibility index (Phi) is 10.7. The number of rotatable bonds is 12. The number of amides is 3. The third kappa shape index (κ3) is 8.73. The molecular weight excluding hydrogens is 632 g/mol. The molecule has 0 bridgehead atoms. The van der Waals surface area contributed by atoms with Crippen LogP contribution >= 0.6 is 0 Å². The van der Waals surface area contributed by atoms with Gasteiger partial charge in [-0.15, -0.1) is 6.58 Å². The molecule has 2 aliphatic rings. The predicted octanol–water partition coefficient (Wildman–Crippen LogP) is 4.71. The fourth-order valence-corrected chi connectivity index (χ4v) is 5.82. The highest BCUT2D eigenvalue weighted by Crippen LogP contribution is 2.45. The van der Waals surface area contributed by atoms with Crippen molar-refractivity contribution in [3.05, 3.63) is 36.9 Å². The molecule has 1 aliphatic carbocycles. The van der Waals surface area contributed by atoms with E-state index >= 15 is 0 Å². The molecule has 0 radical (unpaired) electrons. The molecule has 13 nitrogen and oxygen atoms in total. The van der Waals surface area contributed by atoms with Gasteiger partial charge in [0.05, 0.1) is 25.8 Å². The van der Waals surface area contributed by atoms with Gasteiger partial charge >= 0.3 is 12.1 Å². The number of alkyl carbamates (subject to hydrolysis) is 1. The molecule has 1 unspecified atom stereocenters. The third-order valence-corrected chi connectivity index (χ3v) is 8.46. The number of fused-ring (bicyclic) bond motifs is 1. The predicted molar refractivity (Wildman–Crippen MR) is 183 cm³/mol. The third-order valence-electron chi connectivity index (χ3n) is 8.46. The topological polar surface area (TPSA) is 166 Å².